The fraction of sp³-hybridized carbons (Fsp3) is 0.600. The fourth-order valence-corrected chi connectivity index (χ4v) is 2.84. The average Bonchev–Trinajstić information content (AvgIpc) is 2.85. The van der Waals surface area contributed by atoms with E-state index < -0.39 is 41.9 Å². The van der Waals surface area contributed by atoms with Crippen LogP contribution in [0.1, 0.15) is 6.23 Å². The second kappa shape index (κ2) is 4.38. The maximum Gasteiger partial charge on any atom is 0.330 e. The Morgan fingerprint density at radius 2 is 2.32 bits per heavy atom. The van der Waals surface area contributed by atoms with Gasteiger partial charge in [-0.05, 0) is 22.6 Å². The Kier molecular flexibility index (Phi) is 3.05. The molecule has 3 heterocycles. The van der Waals surface area contributed by atoms with Crippen molar-refractivity contribution in [2.75, 3.05) is 13.2 Å². The van der Waals surface area contributed by atoms with Crippen molar-refractivity contribution in [3.05, 3.63) is 30.6 Å². The minimum atomic E-state index is -1.20. The lowest BCUT2D eigenvalue weighted by Crippen LogP contribution is -2.44. The maximum absolute atomic E-state index is 11.8. The molecule has 0 saturated carbocycles. The van der Waals surface area contributed by atoms with Crippen molar-refractivity contribution in [3.8, 4) is 0 Å². The normalized spacial score (nSPS) is 36.9. The predicted molar refractivity (Wildman–Crippen MR) is 69.7 cm³/mol. The van der Waals surface area contributed by atoms with Gasteiger partial charge in [0.15, 0.2) is 6.23 Å². The van der Waals surface area contributed by atoms with Crippen molar-refractivity contribution >= 4 is 22.6 Å². The van der Waals surface area contributed by atoms with Crippen LogP contribution < -0.4 is 11.2 Å². The van der Waals surface area contributed by atoms with Crippen LogP contribution in [0.2, 0.25) is 0 Å². The molecule has 0 spiro atoms. The topological polar surface area (TPSA) is 114 Å². The highest BCUT2D eigenvalue weighted by Crippen LogP contribution is 2.44. The first-order valence-corrected chi connectivity index (χ1v) is 6.66. The molecule has 8 nitrogen and oxygen atoms in total. The Hall–Kier alpha value is -0.750. The second-order valence-electron chi connectivity index (χ2n) is 4.60. The summed E-state index contributed by atoms with van der Waals surface area (Å²) in [5, 5.41) is 19.4. The summed E-state index contributed by atoms with van der Waals surface area (Å²) in [6.07, 6.45) is -1.28. The molecule has 2 bridgehead atoms. The van der Waals surface area contributed by atoms with E-state index in [4.69, 9.17) is 9.47 Å². The Morgan fingerprint density at radius 1 is 1.58 bits per heavy atom. The van der Waals surface area contributed by atoms with Gasteiger partial charge in [-0.3, -0.25) is 14.3 Å². The highest BCUT2D eigenvalue weighted by molar-refractivity contribution is 14.1. The molecule has 4 atom stereocenters. The lowest BCUT2D eigenvalue weighted by molar-refractivity contribution is -0.187. The molecule has 104 valence electrons. The molecule has 1 unspecified atom stereocenters. The zero-order chi connectivity index (χ0) is 13.8. The summed E-state index contributed by atoms with van der Waals surface area (Å²) in [4.78, 5) is 25.2. The van der Waals surface area contributed by atoms with Gasteiger partial charge >= 0.3 is 5.69 Å². The molecule has 0 radical (unpaired) electrons. The van der Waals surface area contributed by atoms with Crippen LogP contribution in [0.15, 0.2) is 15.8 Å². The van der Waals surface area contributed by atoms with Crippen LogP contribution in [-0.4, -0.2) is 50.8 Å². The van der Waals surface area contributed by atoms with E-state index in [0.717, 1.165) is 4.57 Å². The number of aliphatic hydroxyl groups excluding tert-OH is 2. The van der Waals surface area contributed by atoms with Gasteiger partial charge in [0.25, 0.3) is 5.56 Å². The monoisotopic (exact) mass is 382 g/mol. The standard InChI is InChI=1S/C10H11IN2O6/c11-4-1-13(9(17)12-7(4)16)8-5-6(15)10(2-14,19-8)3-18-5/h1,5-6,8,14-15H,2-3H2,(H,12,16,17)/t5?,6-,8-,10+/m1/s1. The van der Waals surface area contributed by atoms with Crippen molar-refractivity contribution in [1.82, 2.24) is 9.55 Å². The van der Waals surface area contributed by atoms with Gasteiger partial charge in [0.2, 0.25) is 0 Å². The molecule has 2 saturated heterocycles. The minimum Gasteiger partial charge on any atom is -0.393 e. The summed E-state index contributed by atoms with van der Waals surface area (Å²) in [6.45, 7) is -0.336. The molecule has 3 rings (SSSR count). The number of halogens is 1. The second-order valence-corrected chi connectivity index (χ2v) is 5.76. The number of H-pyrrole nitrogens is 1. The molecule has 2 aliphatic rings. The van der Waals surface area contributed by atoms with Crippen LogP contribution in [0.5, 0.6) is 0 Å². The largest absolute Gasteiger partial charge is 0.393 e. The molecule has 9 heteroatoms. The number of aromatic nitrogens is 2. The predicted octanol–water partition coefficient (Wildman–Crippen LogP) is -1.84. The van der Waals surface area contributed by atoms with Gasteiger partial charge < -0.3 is 19.7 Å². The van der Waals surface area contributed by atoms with Gasteiger partial charge in [0.1, 0.15) is 17.8 Å². The van der Waals surface area contributed by atoms with E-state index in [2.05, 4.69) is 4.98 Å². The zero-order valence-electron chi connectivity index (χ0n) is 9.58. The lowest BCUT2D eigenvalue weighted by atomic mass is 10.0. The van der Waals surface area contributed by atoms with Crippen LogP contribution in [0, 0.1) is 3.57 Å². The Labute approximate surface area is 120 Å². The molecule has 0 aliphatic carbocycles. The first kappa shape index (κ1) is 13.2. The lowest BCUT2D eigenvalue weighted by Gasteiger charge is -2.29. The SMILES string of the molecule is O=c1[nH]c(=O)n([C@@H]2O[C@@]3(CO)COC2[C@H]3O)cc1I. The van der Waals surface area contributed by atoms with Gasteiger partial charge in [0.05, 0.1) is 16.8 Å². The van der Waals surface area contributed by atoms with Crippen LogP contribution in [0.25, 0.3) is 0 Å². The van der Waals surface area contributed by atoms with Crippen LogP contribution in [-0.2, 0) is 9.47 Å². The third-order valence-electron chi connectivity index (χ3n) is 3.47. The zero-order valence-corrected chi connectivity index (χ0v) is 11.7. The molecular formula is C10H11IN2O6. The summed E-state index contributed by atoms with van der Waals surface area (Å²) < 4.78 is 12.4. The minimum absolute atomic E-state index is 0.0705. The number of hydrogen-bond donors (Lipinski definition) is 3. The molecule has 1 aromatic heterocycles. The smallest absolute Gasteiger partial charge is 0.330 e. The summed E-state index contributed by atoms with van der Waals surface area (Å²) in [5.74, 6) is 0. The third-order valence-corrected chi connectivity index (χ3v) is 4.24. The molecule has 1 aromatic rings. The van der Waals surface area contributed by atoms with E-state index >= 15 is 0 Å². The number of nitrogens with zero attached hydrogens (tertiary/aromatic N) is 1. The Morgan fingerprint density at radius 3 is 2.95 bits per heavy atom. The highest BCUT2D eigenvalue weighted by atomic mass is 127. The van der Waals surface area contributed by atoms with Crippen molar-refractivity contribution in [3.63, 3.8) is 0 Å². The Bertz CT molecular complexity index is 627. The third kappa shape index (κ3) is 1.80. The number of ether oxygens (including phenoxy) is 2. The van der Waals surface area contributed by atoms with E-state index in [-0.39, 0.29) is 6.61 Å². The quantitative estimate of drug-likeness (QED) is 0.519. The maximum atomic E-state index is 11.8. The number of fused-ring (bicyclic) bond motifs is 2. The van der Waals surface area contributed by atoms with Crippen molar-refractivity contribution in [2.24, 2.45) is 0 Å². The van der Waals surface area contributed by atoms with E-state index in [1.807, 2.05) is 0 Å². The van der Waals surface area contributed by atoms with Crippen LogP contribution >= 0.6 is 22.6 Å². The van der Waals surface area contributed by atoms with Gasteiger partial charge in [-0.15, -0.1) is 0 Å². The fourth-order valence-electron chi connectivity index (χ4n) is 2.40. The van der Waals surface area contributed by atoms with E-state index in [1.54, 1.807) is 22.6 Å². The van der Waals surface area contributed by atoms with Crippen molar-refractivity contribution in [2.45, 2.75) is 24.0 Å². The van der Waals surface area contributed by atoms with Gasteiger partial charge in [0, 0.05) is 6.20 Å². The number of aliphatic hydroxyl groups is 2. The molecule has 19 heavy (non-hydrogen) atoms. The first-order valence-electron chi connectivity index (χ1n) is 5.58. The molecule has 3 N–H and O–H groups in total. The molecule has 0 aromatic carbocycles. The summed E-state index contributed by atoms with van der Waals surface area (Å²) in [6, 6.07) is 0. The molecular weight excluding hydrogens is 371 g/mol. The summed E-state index contributed by atoms with van der Waals surface area (Å²) >= 11 is 1.79. The molecule has 0 amide bonds. The first-order chi connectivity index (χ1) is 8.98. The van der Waals surface area contributed by atoms with Crippen LogP contribution in [0.3, 0.4) is 0 Å². The van der Waals surface area contributed by atoms with Gasteiger partial charge in [-0.2, -0.15) is 0 Å². The van der Waals surface area contributed by atoms with E-state index in [1.165, 1.54) is 6.20 Å². The molecule has 2 fully saturated rings. The average molecular weight is 382 g/mol. The number of nitrogens with one attached hydrogen (secondary N) is 1. The van der Waals surface area contributed by atoms with Crippen molar-refractivity contribution < 1.29 is 19.7 Å². The number of rotatable bonds is 2. The number of hydrogen-bond acceptors (Lipinski definition) is 6. The Balaban J connectivity index is 2.04. The van der Waals surface area contributed by atoms with Gasteiger partial charge in [-0.25, -0.2) is 4.79 Å². The van der Waals surface area contributed by atoms with Gasteiger partial charge in [-0.1, -0.05) is 0 Å². The summed E-state index contributed by atoms with van der Waals surface area (Å²) in [5.41, 5.74) is -2.33. The van der Waals surface area contributed by atoms with Crippen molar-refractivity contribution in [1.29, 1.82) is 0 Å². The highest BCUT2D eigenvalue weighted by Gasteiger charge is 2.61. The molecule has 2 aliphatic heterocycles. The van der Waals surface area contributed by atoms with E-state index in [9.17, 15) is 19.8 Å². The number of aromatic amines is 1. The summed E-state index contributed by atoms with van der Waals surface area (Å²) in [7, 11) is 0. The van der Waals surface area contributed by atoms with Crippen LogP contribution in [0.4, 0.5) is 0 Å². The van der Waals surface area contributed by atoms with E-state index in [0.29, 0.717) is 3.57 Å².